The molecule has 0 spiro atoms. The number of hydrogen-bond acceptors (Lipinski definition) is 1. The number of halogens is 1. The predicted octanol–water partition coefficient (Wildman–Crippen LogP) is 6.88. The summed E-state index contributed by atoms with van der Waals surface area (Å²) >= 11 is 0. The third-order valence-electron chi connectivity index (χ3n) is 6.52. The second-order valence-corrected chi connectivity index (χ2v) is 8.47. The Kier molecular flexibility index (Phi) is 5.60. The minimum Gasteiger partial charge on any atom is -0.320 e. The fourth-order valence-electron chi connectivity index (χ4n) is 4.82. The molecule has 1 unspecified atom stereocenters. The van der Waals surface area contributed by atoms with Gasteiger partial charge in [0.1, 0.15) is 5.83 Å². The first kappa shape index (κ1) is 19.9. The van der Waals surface area contributed by atoms with E-state index >= 15 is 0 Å². The average Bonchev–Trinajstić information content (AvgIpc) is 3.04. The van der Waals surface area contributed by atoms with Crippen molar-refractivity contribution in [1.29, 1.82) is 0 Å². The number of fused-ring (bicyclic) bond motifs is 5. The van der Waals surface area contributed by atoms with Gasteiger partial charge >= 0.3 is 0 Å². The van der Waals surface area contributed by atoms with E-state index in [9.17, 15) is 4.39 Å². The lowest BCUT2D eigenvalue weighted by Crippen LogP contribution is -2.38. The molecule has 0 saturated carbocycles. The number of rotatable bonds is 4. The summed E-state index contributed by atoms with van der Waals surface area (Å²) in [5, 5.41) is 1.40. The zero-order chi connectivity index (χ0) is 20.5. The van der Waals surface area contributed by atoms with E-state index < -0.39 is 0 Å². The largest absolute Gasteiger partial charge is 0.320 e. The Morgan fingerprint density at radius 1 is 1.14 bits per heavy atom. The number of hydrogen-bond donors (Lipinski definition) is 0. The summed E-state index contributed by atoms with van der Waals surface area (Å²) in [6, 6.07) is 7.37. The minimum atomic E-state index is -0.311. The second-order valence-electron chi connectivity index (χ2n) is 8.47. The maximum absolute atomic E-state index is 13.4. The van der Waals surface area contributed by atoms with Crippen molar-refractivity contribution in [2.75, 3.05) is 13.1 Å². The molecule has 1 atom stereocenters. The van der Waals surface area contributed by atoms with Crippen molar-refractivity contribution in [2.45, 2.75) is 52.5 Å². The van der Waals surface area contributed by atoms with Crippen LogP contribution < -0.4 is 0 Å². The Labute approximate surface area is 173 Å². The molecule has 0 amide bonds. The third kappa shape index (κ3) is 3.76. The number of nitrogens with zero attached hydrogens (tertiary/aromatic N) is 2. The van der Waals surface area contributed by atoms with Gasteiger partial charge in [-0.15, -0.1) is 0 Å². The molecule has 1 aromatic carbocycles. The number of aryl methyl sites for hydroxylation is 1. The maximum Gasteiger partial charge on any atom is 0.122 e. The summed E-state index contributed by atoms with van der Waals surface area (Å²) in [5.41, 5.74) is 7.79. The number of allylic oxidation sites excluding steroid dienone is 6. The van der Waals surface area contributed by atoms with Crippen molar-refractivity contribution in [3.05, 3.63) is 76.8 Å². The van der Waals surface area contributed by atoms with Crippen LogP contribution in [0.4, 0.5) is 4.39 Å². The lowest BCUT2D eigenvalue weighted by atomic mass is 9.89. The first-order valence-corrected chi connectivity index (χ1v) is 10.7. The lowest BCUT2D eigenvalue weighted by molar-refractivity contribution is 0.139. The van der Waals surface area contributed by atoms with Gasteiger partial charge in [-0.1, -0.05) is 30.7 Å². The second kappa shape index (κ2) is 8.16. The van der Waals surface area contributed by atoms with Gasteiger partial charge in [-0.3, -0.25) is 4.90 Å². The molecule has 0 bridgehead atoms. The summed E-state index contributed by atoms with van der Waals surface area (Å²) < 4.78 is 15.8. The van der Waals surface area contributed by atoms with Crippen molar-refractivity contribution >= 4 is 17.1 Å². The molecular weight excluding hydrogens is 359 g/mol. The van der Waals surface area contributed by atoms with Crippen LogP contribution in [-0.4, -0.2) is 22.6 Å². The van der Waals surface area contributed by atoms with Gasteiger partial charge in [0.2, 0.25) is 0 Å². The van der Waals surface area contributed by atoms with Gasteiger partial charge in [0.05, 0.1) is 5.52 Å². The van der Waals surface area contributed by atoms with Gasteiger partial charge in [-0.2, -0.15) is 0 Å². The molecule has 29 heavy (non-hydrogen) atoms. The van der Waals surface area contributed by atoms with Crippen LogP contribution in [0, 0.1) is 6.92 Å². The van der Waals surface area contributed by atoms with E-state index in [0.717, 1.165) is 24.1 Å². The van der Waals surface area contributed by atoms with Crippen molar-refractivity contribution < 1.29 is 4.39 Å². The van der Waals surface area contributed by atoms with Gasteiger partial charge < -0.3 is 4.57 Å². The van der Waals surface area contributed by atoms with Gasteiger partial charge in [0, 0.05) is 36.3 Å². The molecular formula is C26H31FN2. The lowest BCUT2D eigenvalue weighted by Gasteiger charge is -2.39. The highest BCUT2D eigenvalue weighted by molar-refractivity contribution is 5.89. The quantitative estimate of drug-likeness (QED) is 0.517. The highest BCUT2D eigenvalue weighted by Gasteiger charge is 2.33. The molecule has 4 rings (SSSR count). The molecule has 1 fully saturated rings. The summed E-state index contributed by atoms with van der Waals surface area (Å²) in [4.78, 5) is 2.68. The molecule has 3 heterocycles. The minimum absolute atomic E-state index is 0.311. The van der Waals surface area contributed by atoms with Crippen LogP contribution in [0.1, 0.15) is 56.0 Å². The molecule has 1 aromatic heterocycles. The van der Waals surface area contributed by atoms with Crippen LogP contribution in [0.5, 0.6) is 0 Å². The fourth-order valence-corrected chi connectivity index (χ4v) is 4.82. The summed E-state index contributed by atoms with van der Waals surface area (Å²) in [7, 11) is 0. The van der Waals surface area contributed by atoms with Gasteiger partial charge in [-0.25, -0.2) is 4.39 Å². The smallest absolute Gasteiger partial charge is 0.122 e. The standard InChI is InChI=1S/C26H31FN2/c1-5-21(27)11-10-19(3)20(4)17-29-23-12-9-18(2)16-22(23)26-24-8-6-7-14-28(24)15-13-25(26)29/h5,9-12,16-17,24H,1,6-8,13-15H2,2-4H3/b19-10+,20-17-,21-11+. The molecule has 2 aromatic rings. The van der Waals surface area contributed by atoms with Gasteiger partial charge in [0.15, 0.2) is 0 Å². The average molecular weight is 391 g/mol. The van der Waals surface area contributed by atoms with E-state index in [0.29, 0.717) is 6.04 Å². The molecule has 0 radical (unpaired) electrons. The zero-order valence-electron chi connectivity index (χ0n) is 17.8. The Hall–Kier alpha value is -2.39. The number of aromatic nitrogens is 1. The highest BCUT2D eigenvalue weighted by Crippen LogP contribution is 2.42. The maximum atomic E-state index is 13.4. The topological polar surface area (TPSA) is 8.17 Å². The molecule has 0 aliphatic carbocycles. The van der Waals surface area contributed by atoms with Crippen molar-refractivity contribution in [2.24, 2.45) is 0 Å². The molecule has 0 N–H and O–H groups in total. The van der Waals surface area contributed by atoms with Crippen LogP contribution in [0.25, 0.3) is 17.1 Å². The first-order valence-electron chi connectivity index (χ1n) is 10.7. The van der Waals surface area contributed by atoms with E-state index in [1.54, 1.807) is 0 Å². The summed E-state index contributed by atoms with van der Waals surface area (Å²) in [6.45, 7) is 12.2. The Bertz CT molecular complexity index is 1030. The molecule has 152 valence electrons. The van der Waals surface area contributed by atoms with E-state index in [1.807, 2.05) is 13.0 Å². The van der Waals surface area contributed by atoms with E-state index in [-0.39, 0.29) is 5.83 Å². The van der Waals surface area contributed by atoms with Gasteiger partial charge in [0.25, 0.3) is 0 Å². The molecule has 1 saturated heterocycles. The van der Waals surface area contributed by atoms with Crippen LogP contribution in [-0.2, 0) is 6.42 Å². The van der Waals surface area contributed by atoms with E-state index in [4.69, 9.17) is 0 Å². The van der Waals surface area contributed by atoms with Gasteiger partial charge in [-0.05, 0) is 81.2 Å². The van der Waals surface area contributed by atoms with E-state index in [2.05, 4.69) is 54.3 Å². The van der Waals surface area contributed by atoms with Crippen molar-refractivity contribution in [3.63, 3.8) is 0 Å². The van der Waals surface area contributed by atoms with Crippen LogP contribution >= 0.6 is 0 Å². The highest BCUT2D eigenvalue weighted by atomic mass is 19.1. The molecule has 2 aliphatic heterocycles. The Morgan fingerprint density at radius 2 is 1.97 bits per heavy atom. The SMILES string of the molecule is C=C\C(F)=C/C=C(C)/C(C)=C\n1c2c(c3cc(C)ccc31)C1CCCCN1CC2. The monoisotopic (exact) mass is 390 g/mol. The van der Waals surface area contributed by atoms with Crippen LogP contribution in [0.2, 0.25) is 0 Å². The first-order chi connectivity index (χ1) is 14.0. The zero-order valence-corrected chi connectivity index (χ0v) is 17.8. The summed E-state index contributed by atoms with van der Waals surface area (Å²) in [5.74, 6) is -0.311. The molecule has 2 nitrogen and oxygen atoms in total. The molecule has 2 aliphatic rings. The number of piperidine rings is 1. The number of benzene rings is 1. The summed E-state index contributed by atoms with van der Waals surface area (Å²) in [6.07, 6.45) is 11.8. The van der Waals surface area contributed by atoms with E-state index in [1.165, 1.54) is 65.7 Å². The Balaban J connectivity index is 1.84. The van der Waals surface area contributed by atoms with Crippen molar-refractivity contribution in [1.82, 2.24) is 9.47 Å². The van der Waals surface area contributed by atoms with Crippen LogP contribution in [0.15, 0.2) is 60.0 Å². The van der Waals surface area contributed by atoms with Crippen molar-refractivity contribution in [3.8, 4) is 0 Å². The third-order valence-corrected chi connectivity index (χ3v) is 6.52. The normalized spacial score (nSPS) is 21.2. The molecule has 3 heteroatoms. The fraction of sp³-hybridized carbons (Fsp3) is 0.385. The Morgan fingerprint density at radius 3 is 2.76 bits per heavy atom. The predicted molar refractivity (Wildman–Crippen MR) is 122 cm³/mol. The van der Waals surface area contributed by atoms with Crippen LogP contribution in [0.3, 0.4) is 0 Å².